The van der Waals surface area contributed by atoms with Crippen LogP contribution in [0.25, 0.3) is 0 Å². The monoisotopic (exact) mass is 837 g/mol. The molecule has 0 spiro atoms. The largest absolute Gasteiger partial charge is 0.462 e. The van der Waals surface area contributed by atoms with Gasteiger partial charge in [-0.15, -0.1) is 0 Å². The minimum absolute atomic E-state index is 0.0856. The predicted molar refractivity (Wildman–Crippen MR) is 256 cm³/mol. The highest BCUT2D eigenvalue weighted by molar-refractivity contribution is 5.71. The number of ether oxygens (including phenoxy) is 3. The maximum absolute atomic E-state index is 12.8. The normalized spacial score (nSPS) is 12.7. The van der Waals surface area contributed by atoms with E-state index in [4.69, 9.17) is 14.2 Å². The van der Waals surface area contributed by atoms with Crippen molar-refractivity contribution < 1.29 is 28.6 Å². The standard InChI is InChI=1S/C54H92O6/c1-4-7-10-13-16-19-22-24-26-27-28-29-31-32-35-38-41-44-47-53(56)59-50-51(49-58-52(55)46-43-40-37-34-21-18-15-12-9-6-3)60-54(57)48-45-42-39-36-33-30-25-23-20-17-14-11-8-5-2/h8,11,16-17,19-20,22,24,26-29,51H,4-7,9-10,12-15,18,21,23,25,30-50H2,1-3H3/b11-8-,19-16-,20-17-,24-22-,27-26-,29-28-. The Morgan fingerprint density at radius 2 is 0.717 bits per heavy atom. The van der Waals surface area contributed by atoms with E-state index >= 15 is 0 Å². The Balaban J connectivity index is 4.41. The molecular formula is C54H92O6. The molecule has 0 aromatic rings. The summed E-state index contributed by atoms with van der Waals surface area (Å²) < 4.78 is 16.7. The molecule has 0 bridgehead atoms. The summed E-state index contributed by atoms with van der Waals surface area (Å²) in [5, 5.41) is 0. The summed E-state index contributed by atoms with van der Waals surface area (Å²) in [4.78, 5) is 37.9. The van der Waals surface area contributed by atoms with Gasteiger partial charge in [0, 0.05) is 19.3 Å². The van der Waals surface area contributed by atoms with Gasteiger partial charge in [0.15, 0.2) is 6.10 Å². The molecule has 0 aliphatic heterocycles. The fourth-order valence-electron chi connectivity index (χ4n) is 6.79. The van der Waals surface area contributed by atoms with E-state index in [-0.39, 0.29) is 31.1 Å². The number of rotatable bonds is 44. The van der Waals surface area contributed by atoms with Crippen molar-refractivity contribution in [3.63, 3.8) is 0 Å². The smallest absolute Gasteiger partial charge is 0.306 e. The number of carbonyl (C=O) groups is 3. The molecule has 6 heteroatoms. The molecule has 0 aliphatic rings. The molecule has 0 saturated carbocycles. The van der Waals surface area contributed by atoms with Crippen molar-refractivity contribution in [1.82, 2.24) is 0 Å². The Hall–Kier alpha value is -3.15. The van der Waals surface area contributed by atoms with Gasteiger partial charge in [-0.1, -0.05) is 216 Å². The van der Waals surface area contributed by atoms with E-state index in [1.54, 1.807) is 0 Å². The zero-order valence-electron chi connectivity index (χ0n) is 39.2. The molecule has 0 rings (SSSR count). The molecule has 0 aliphatic carbocycles. The molecule has 0 amide bonds. The van der Waals surface area contributed by atoms with Crippen LogP contribution in [0.15, 0.2) is 72.9 Å². The Morgan fingerprint density at radius 1 is 0.367 bits per heavy atom. The lowest BCUT2D eigenvalue weighted by Gasteiger charge is -2.18. The van der Waals surface area contributed by atoms with Gasteiger partial charge in [0.25, 0.3) is 0 Å². The molecule has 60 heavy (non-hydrogen) atoms. The number of esters is 3. The van der Waals surface area contributed by atoms with Crippen LogP contribution in [0.5, 0.6) is 0 Å². The van der Waals surface area contributed by atoms with Gasteiger partial charge in [-0.05, 0) is 70.6 Å². The van der Waals surface area contributed by atoms with Crippen LogP contribution in [-0.4, -0.2) is 37.2 Å². The van der Waals surface area contributed by atoms with Gasteiger partial charge in [-0.3, -0.25) is 14.4 Å². The van der Waals surface area contributed by atoms with E-state index < -0.39 is 6.10 Å². The number of allylic oxidation sites excluding steroid dienone is 12. The highest BCUT2D eigenvalue weighted by Gasteiger charge is 2.19. The highest BCUT2D eigenvalue weighted by Crippen LogP contribution is 2.14. The second-order valence-corrected chi connectivity index (χ2v) is 16.4. The van der Waals surface area contributed by atoms with E-state index in [1.165, 1.54) is 89.9 Å². The molecule has 0 saturated heterocycles. The summed E-state index contributed by atoms with van der Waals surface area (Å²) in [6, 6.07) is 0. The van der Waals surface area contributed by atoms with Gasteiger partial charge in [-0.2, -0.15) is 0 Å². The van der Waals surface area contributed by atoms with Crippen LogP contribution in [0.2, 0.25) is 0 Å². The Labute approximate surface area is 370 Å². The fraction of sp³-hybridized carbons (Fsp3) is 0.722. The molecule has 1 unspecified atom stereocenters. The van der Waals surface area contributed by atoms with Crippen molar-refractivity contribution in [2.24, 2.45) is 0 Å². The van der Waals surface area contributed by atoms with Crippen molar-refractivity contribution in [1.29, 1.82) is 0 Å². The number of hydrogen-bond acceptors (Lipinski definition) is 6. The quantitative estimate of drug-likeness (QED) is 0.0200. The Kier molecular flexibility index (Phi) is 46.0. The first-order valence-corrected chi connectivity index (χ1v) is 25.0. The minimum Gasteiger partial charge on any atom is -0.462 e. The van der Waals surface area contributed by atoms with Gasteiger partial charge < -0.3 is 14.2 Å². The van der Waals surface area contributed by atoms with Crippen LogP contribution < -0.4 is 0 Å². The second kappa shape index (κ2) is 48.5. The van der Waals surface area contributed by atoms with Crippen molar-refractivity contribution >= 4 is 17.9 Å². The lowest BCUT2D eigenvalue weighted by Crippen LogP contribution is -2.30. The third kappa shape index (κ3) is 45.9. The Bertz CT molecular complexity index is 1140. The van der Waals surface area contributed by atoms with Gasteiger partial charge >= 0.3 is 17.9 Å². The maximum Gasteiger partial charge on any atom is 0.306 e. The van der Waals surface area contributed by atoms with Crippen molar-refractivity contribution in [3.8, 4) is 0 Å². The molecule has 0 aromatic carbocycles. The number of carbonyl (C=O) groups excluding carboxylic acids is 3. The minimum atomic E-state index is -0.786. The first-order valence-electron chi connectivity index (χ1n) is 25.0. The lowest BCUT2D eigenvalue weighted by molar-refractivity contribution is -0.167. The molecule has 0 aromatic heterocycles. The molecule has 0 heterocycles. The molecule has 6 nitrogen and oxygen atoms in total. The van der Waals surface area contributed by atoms with Crippen LogP contribution in [0.3, 0.4) is 0 Å². The van der Waals surface area contributed by atoms with Crippen LogP contribution in [-0.2, 0) is 28.6 Å². The van der Waals surface area contributed by atoms with Crippen molar-refractivity contribution in [2.45, 2.75) is 239 Å². The van der Waals surface area contributed by atoms with Gasteiger partial charge in [0.2, 0.25) is 0 Å². The third-order valence-electron chi connectivity index (χ3n) is 10.5. The molecule has 0 radical (unpaired) electrons. The number of unbranched alkanes of at least 4 members (excludes halogenated alkanes) is 24. The van der Waals surface area contributed by atoms with Gasteiger partial charge in [-0.25, -0.2) is 0 Å². The summed E-state index contributed by atoms with van der Waals surface area (Å²) in [7, 11) is 0. The van der Waals surface area contributed by atoms with Gasteiger partial charge in [0.1, 0.15) is 13.2 Å². The molecule has 1 atom stereocenters. The predicted octanol–water partition coefficient (Wildman–Crippen LogP) is 16.3. The zero-order chi connectivity index (χ0) is 43.7. The van der Waals surface area contributed by atoms with Gasteiger partial charge in [0.05, 0.1) is 0 Å². The Morgan fingerprint density at radius 3 is 1.18 bits per heavy atom. The summed E-state index contributed by atoms with van der Waals surface area (Å²) in [5.41, 5.74) is 0. The maximum atomic E-state index is 12.8. The van der Waals surface area contributed by atoms with E-state index in [9.17, 15) is 14.4 Å². The van der Waals surface area contributed by atoms with Crippen LogP contribution in [0.4, 0.5) is 0 Å². The summed E-state index contributed by atoms with van der Waals surface area (Å²) in [6.45, 7) is 6.45. The van der Waals surface area contributed by atoms with E-state index in [0.29, 0.717) is 19.3 Å². The topological polar surface area (TPSA) is 78.9 Å². The summed E-state index contributed by atoms with van der Waals surface area (Å²) >= 11 is 0. The molecule has 344 valence electrons. The molecule has 0 fully saturated rings. The zero-order valence-corrected chi connectivity index (χ0v) is 39.2. The van der Waals surface area contributed by atoms with Crippen molar-refractivity contribution in [3.05, 3.63) is 72.9 Å². The average Bonchev–Trinajstić information content (AvgIpc) is 3.24. The summed E-state index contributed by atoms with van der Waals surface area (Å²) in [5.74, 6) is -0.919. The van der Waals surface area contributed by atoms with Crippen molar-refractivity contribution in [2.75, 3.05) is 13.2 Å². The SMILES string of the molecule is CC/C=C\C/C=C\CCCCCCCCCC(=O)OC(COC(=O)CCCCCCC\C=C/C=C\C=C/C=C\CCCCC)COC(=O)CCCCCCCCCCCC. The van der Waals surface area contributed by atoms with E-state index in [2.05, 4.69) is 93.7 Å². The first kappa shape index (κ1) is 56.9. The second-order valence-electron chi connectivity index (χ2n) is 16.4. The molecular weight excluding hydrogens is 745 g/mol. The lowest BCUT2D eigenvalue weighted by atomic mass is 10.1. The third-order valence-corrected chi connectivity index (χ3v) is 10.5. The van der Waals surface area contributed by atoms with E-state index in [1.807, 2.05) is 0 Å². The first-order chi connectivity index (χ1) is 29.5. The average molecular weight is 837 g/mol. The van der Waals surface area contributed by atoms with Crippen LogP contribution >= 0.6 is 0 Å². The summed E-state index contributed by atoms with van der Waals surface area (Å²) in [6.07, 6.45) is 60.2. The van der Waals surface area contributed by atoms with Crippen LogP contribution in [0, 0.1) is 0 Å². The highest BCUT2D eigenvalue weighted by atomic mass is 16.6. The van der Waals surface area contributed by atoms with E-state index in [0.717, 1.165) is 103 Å². The fourth-order valence-corrected chi connectivity index (χ4v) is 6.79. The molecule has 0 N–H and O–H groups in total. The number of hydrogen-bond donors (Lipinski definition) is 0. The van der Waals surface area contributed by atoms with Crippen LogP contribution in [0.1, 0.15) is 233 Å².